The lowest BCUT2D eigenvalue weighted by Crippen LogP contribution is -2.49. The molecule has 82 valence electrons. The van der Waals surface area contributed by atoms with Gasteiger partial charge in [0, 0.05) is 19.1 Å². The number of carbonyl (C=O) groups excluding carboxylic acids is 1. The second-order valence-corrected chi connectivity index (χ2v) is 4.91. The fourth-order valence-electron chi connectivity index (χ4n) is 2.01. The molecule has 1 amide bonds. The zero-order valence-electron chi connectivity index (χ0n) is 9.03. The first-order valence-electron chi connectivity index (χ1n) is 5.17. The smallest absolute Gasteiger partial charge is 0.232 e. The Morgan fingerprint density at radius 1 is 1.64 bits per heavy atom. The van der Waals surface area contributed by atoms with E-state index in [-0.39, 0.29) is 11.9 Å². The van der Waals surface area contributed by atoms with Crippen molar-refractivity contribution in [2.75, 3.05) is 25.1 Å². The van der Waals surface area contributed by atoms with E-state index in [0.717, 1.165) is 19.4 Å². The van der Waals surface area contributed by atoms with Gasteiger partial charge in [-0.1, -0.05) is 6.92 Å². The van der Waals surface area contributed by atoms with Gasteiger partial charge >= 0.3 is 0 Å². The highest BCUT2D eigenvalue weighted by Crippen LogP contribution is 2.22. The van der Waals surface area contributed by atoms with Crippen LogP contribution < -0.4 is 5.73 Å². The predicted octanol–water partition coefficient (Wildman–Crippen LogP) is 0.935. The van der Waals surface area contributed by atoms with Crippen molar-refractivity contribution >= 4 is 17.7 Å². The second-order valence-electron chi connectivity index (χ2n) is 4.04. The van der Waals surface area contributed by atoms with E-state index in [1.54, 1.807) is 11.8 Å². The number of likely N-dealkylation sites (tertiary alicyclic amines) is 1. The lowest BCUT2D eigenvalue weighted by molar-refractivity contribution is -0.132. The van der Waals surface area contributed by atoms with Gasteiger partial charge in [-0.25, -0.2) is 0 Å². The zero-order valence-corrected chi connectivity index (χ0v) is 9.85. The molecule has 1 aliphatic heterocycles. The second kappa shape index (κ2) is 5.61. The number of rotatable bonds is 3. The van der Waals surface area contributed by atoms with Crippen LogP contribution in [0.4, 0.5) is 0 Å². The summed E-state index contributed by atoms with van der Waals surface area (Å²) >= 11 is 1.58. The Labute approximate surface area is 90.4 Å². The first kappa shape index (κ1) is 11.9. The maximum absolute atomic E-state index is 11.7. The highest BCUT2D eigenvalue weighted by Gasteiger charge is 2.28. The summed E-state index contributed by atoms with van der Waals surface area (Å²) in [4.78, 5) is 13.7. The lowest BCUT2D eigenvalue weighted by Gasteiger charge is -2.37. The molecule has 1 aliphatic rings. The number of hydrogen-bond donors (Lipinski definition) is 1. The van der Waals surface area contributed by atoms with Crippen LogP contribution >= 0.6 is 11.8 Å². The third kappa shape index (κ3) is 2.89. The number of hydrogen-bond acceptors (Lipinski definition) is 3. The molecule has 2 atom stereocenters. The molecular weight excluding hydrogens is 196 g/mol. The molecule has 0 bridgehead atoms. The average Bonchev–Trinajstić information content (AvgIpc) is 2.17. The fourth-order valence-corrected chi connectivity index (χ4v) is 2.42. The normalized spacial score (nSPS) is 27.8. The predicted molar refractivity (Wildman–Crippen MR) is 61.3 cm³/mol. The summed E-state index contributed by atoms with van der Waals surface area (Å²) in [7, 11) is 0. The molecule has 0 aromatic rings. The van der Waals surface area contributed by atoms with Crippen molar-refractivity contribution in [1.82, 2.24) is 4.90 Å². The van der Waals surface area contributed by atoms with Crippen LogP contribution in [0.3, 0.4) is 0 Å². The summed E-state index contributed by atoms with van der Waals surface area (Å²) in [5.41, 5.74) is 5.69. The molecule has 1 rings (SSSR count). The van der Waals surface area contributed by atoms with Crippen LogP contribution in [0.25, 0.3) is 0 Å². The summed E-state index contributed by atoms with van der Waals surface area (Å²) in [6.07, 6.45) is 4.15. The Hall–Kier alpha value is -0.220. The van der Waals surface area contributed by atoms with E-state index < -0.39 is 0 Å². The van der Waals surface area contributed by atoms with Crippen molar-refractivity contribution in [2.45, 2.75) is 25.8 Å². The third-order valence-electron chi connectivity index (χ3n) is 2.84. The van der Waals surface area contributed by atoms with Crippen LogP contribution in [-0.2, 0) is 4.79 Å². The average molecular weight is 216 g/mol. The minimum absolute atomic E-state index is 0.250. The monoisotopic (exact) mass is 216 g/mol. The first-order chi connectivity index (χ1) is 6.69. The molecule has 4 heteroatoms. The maximum Gasteiger partial charge on any atom is 0.232 e. The quantitative estimate of drug-likeness (QED) is 0.763. The molecule has 1 heterocycles. The Balaban J connectivity index is 2.53. The highest BCUT2D eigenvalue weighted by molar-refractivity contribution is 7.99. The lowest BCUT2D eigenvalue weighted by atomic mass is 9.92. The van der Waals surface area contributed by atoms with Crippen molar-refractivity contribution in [3.05, 3.63) is 0 Å². The first-order valence-corrected chi connectivity index (χ1v) is 6.57. The third-order valence-corrected chi connectivity index (χ3v) is 3.37. The van der Waals surface area contributed by atoms with Gasteiger partial charge in [0.2, 0.25) is 5.91 Å². The molecule has 0 radical (unpaired) electrons. The SMILES string of the molecule is CSCC(=O)N1CCC(C)CC1CN. The molecule has 0 spiro atoms. The molecule has 2 N–H and O–H groups in total. The van der Waals surface area contributed by atoms with Gasteiger partial charge in [-0.05, 0) is 25.0 Å². The van der Waals surface area contributed by atoms with Crippen LogP contribution in [-0.4, -0.2) is 41.9 Å². The van der Waals surface area contributed by atoms with Crippen molar-refractivity contribution in [2.24, 2.45) is 11.7 Å². The minimum Gasteiger partial charge on any atom is -0.338 e. The maximum atomic E-state index is 11.7. The van der Waals surface area contributed by atoms with E-state index in [4.69, 9.17) is 5.73 Å². The van der Waals surface area contributed by atoms with Crippen molar-refractivity contribution in [3.63, 3.8) is 0 Å². The largest absolute Gasteiger partial charge is 0.338 e. The van der Waals surface area contributed by atoms with Crippen molar-refractivity contribution in [1.29, 1.82) is 0 Å². The van der Waals surface area contributed by atoms with Gasteiger partial charge < -0.3 is 10.6 Å². The number of thioether (sulfide) groups is 1. The van der Waals surface area contributed by atoms with Crippen LogP contribution in [0, 0.1) is 5.92 Å². The fraction of sp³-hybridized carbons (Fsp3) is 0.900. The highest BCUT2D eigenvalue weighted by atomic mass is 32.2. The van der Waals surface area contributed by atoms with Gasteiger partial charge in [0.15, 0.2) is 0 Å². The van der Waals surface area contributed by atoms with E-state index in [0.29, 0.717) is 18.2 Å². The molecule has 0 saturated carbocycles. The van der Waals surface area contributed by atoms with Crippen LogP contribution in [0.5, 0.6) is 0 Å². The molecule has 14 heavy (non-hydrogen) atoms. The molecule has 0 aromatic carbocycles. The van der Waals surface area contributed by atoms with E-state index in [9.17, 15) is 4.79 Å². The molecule has 1 fully saturated rings. The molecular formula is C10H20N2OS. The summed E-state index contributed by atoms with van der Waals surface area (Å²) in [6.45, 7) is 3.73. The number of piperidine rings is 1. The van der Waals surface area contributed by atoms with Gasteiger partial charge in [0.1, 0.15) is 0 Å². The van der Waals surface area contributed by atoms with Gasteiger partial charge in [-0.15, -0.1) is 0 Å². The number of amides is 1. The molecule has 3 nitrogen and oxygen atoms in total. The Kier molecular flexibility index (Phi) is 4.75. The number of nitrogens with two attached hydrogens (primary N) is 1. The molecule has 2 unspecified atom stereocenters. The van der Waals surface area contributed by atoms with E-state index in [1.165, 1.54) is 0 Å². The number of carbonyl (C=O) groups is 1. The Bertz CT molecular complexity index is 199. The molecule has 0 aromatic heterocycles. The van der Waals surface area contributed by atoms with Crippen molar-refractivity contribution in [3.8, 4) is 0 Å². The van der Waals surface area contributed by atoms with Gasteiger partial charge in [-0.2, -0.15) is 11.8 Å². The minimum atomic E-state index is 0.250. The summed E-state index contributed by atoms with van der Waals surface area (Å²) < 4.78 is 0. The molecule has 1 saturated heterocycles. The standard InChI is InChI=1S/C10H20N2OS/c1-8-3-4-12(9(5-8)6-11)10(13)7-14-2/h8-9H,3-7,11H2,1-2H3. The topological polar surface area (TPSA) is 46.3 Å². The van der Waals surface area contributed by atoms with Crippen molar-refractivity contribution < 1.29 is 4.79 Å². The molecule has 0 aliphatic carbocycles. The Morgan fingerprint density at radius 2 is 2.36 bits per heavy atom. The van der Waals surface area contributed by atoms with Gasteiger partial charge in [0.05, 0.1) is 5.75 Å². The summed E-state index contributed by atoms with van der Waals surface area (Å²) in [5, 5.41) is 0. The summed E-state index contributed by atoms with van der Waals surface area (Å²) in [5.74, 6) is 1.55. The number of nitrogens with zero attached hydrogens (tertiary/aromatic N) is 1. The van der Waals surface area contributed by atoms with Gasteiger partial charge in [-0.3, -0.25) is 4.79 Å². The van der Waals surface area contributed by atoms with E-state index >= 15 is 0 Å². The van der Waals surface area contributed by atoms with Gasteiger partial charge in [0.25, 0.3) is 0 Å². The van der Waals surface area contributed by atoms with E-state index in [1.807, 2.05) is 11.2 Å². The van der Waals surface area contributed by atoms with Crippen LogP contribution in [0.15, 0.2) is 0 Å². The zero-order chi connectivity index (χ0) is 10.6. The van der Waals surface area contributed by atoms with Crippen LogP contribution in [0.1, 0.15) is 19.8 Å². The van der Waals surface area contributed by atoms with Crippen LogP contribution in [0.2, 0.25) is 0 Å². The Morgan fingerprint density at radius 3 is 2.93 bits per heavy atom. The summed E-state index contributed by atoms with van der Waals surface area (Å²) in [6, 6.07) is 0.276. The van der Waals surface area contributed by atoms with E-state index in [2.05, 4.69) is 6.92 Å².